The van der Waals surface area contributed by atoms with Gasteiger partial charge in [0.05, 0.1) is 12.0 Å². The third-order valence-corrected chi connectivity index (χ3v) is 5.27. The average Bonchev–Trinajstić information content (AvgIpc) is 2.96. The minimum atomic E-state index is -0.582. The quantitative estimate of drug-likeness (QED) is 0.914. The first-order valence-corrected chi connectivity index (χ1v) is 7.52. The molecule has 0 saturated heterocycles. The zero-order valence-corrected chi connectivity index (χ0v) is 12.7. The fraction of sp³-hybridized carbons (Fsp3) is 0.429. The van der Waals surface area contributed by atoms with Crippen molar-refractivity contribution in [2.45, 2.75) is 32.3 Å². The summed E-state index contributed by atoms with van der Waals surface area (Å²) >= 11 is 3.19. The van der Waals surface area contributed by atoms with E-state index < -0.39 is 6.10 Å². The number of aliphatic hydroxyl groups excluding tert-OH is 1. The van der Waals surface area contributed by atoms with Gasteiger partial charge < -0.3 is 9.84 Å². The molecule has 18 heavy (non-hydrogen) atoms. The van der Waals surface area contributed by atoms with Crippen LogP contribution in [0.25, 0.3) is 0 Å². The lowest BCUT2D eigenvalue weighted by atomic mass is 9.95. The molecule has 0 aliphatic carbocycles. The Hall–Kier alpha value is -0.840. The van der Waals surface area contributed by atoms with Gasteiger partial charge in [-0.25, -0.2) is 0 Å². The molecular formula is C14H18O2S2. The summed E-state index contributed by atoms with van der Waals surface area (Å²) in [6.45, 7) is 6.54. The van der Waals surface area contributed by atoms with Gasteiger partial charge in [-0.3, -0.25) is 0 Å². The van der Waals surface area contributed by atoms with Gasteiger partial charge in [0, 0.05) is 9.75 Å². The smallest absolute Gasteiger partial charge is 0.135 e. The molecule has 1 atom stereocenters. The molecule has 2 nitrogen and oxygen atoms in total. The summed E-state index contributed by atoms with van der Waals surface area (Å²) in [5.41, 5.74) is 0.127. The number of ether oxygens (including phenoxy) is 1. The molecule has 1 N–H and O–H groups in total. The highest BCUT2D eigenvalue weighted by atomic mass is 32.1. The zero-order valence-electron chi connectivity index (χ0n) is 11.1. The molecule has 4 heteroatoms. The molecule has 0 saturated carbocycles. The van der Waals surface area contributed by atoms with E-state index in [-0.39, 0.29) is 5.41 Å². The summed E-state index contributed by atoms with van der Waals surface area (Å²) in [7, 11) is 1.63. The average molecular weight is 282 g/mol. The predicted octanol–water partition coefficient (Wildman–Crippen LogP) is 4.20. The normalized spacial score (nSPS) is 13.6. The second-order valence-corrected chi connectivity index (χ2v) is 7.27. The van der Waals surface area contributed by atoms with E-state index in [0.717, 1.165) is 15.5 Å². The van der Waals surface area contributed by atoms with E-state index in [2.05, 4.69) is 26.8 Å². The van der Waals surface area contributed by atoms with Gasteiger partial charge in [0.15, 0.2) is 0 Å². The molecule has 1 unspecified atom stereocenters. The molecule has 2 aromatic heterocycles. The third-order valence-electron chi connectivity index (χ3n) is 2.76. The number of rotatable bonds is 3. The van der Waals surface area contributed by atoms with Crippen molar-refractivity contribution in [3.63, 3.8) is 0 Å². The Labute approximate surface area is 116 Å². The second kappa shape index (κ2) is 5.03. The fourth-order valence-electron chi connectivity index (χ4n) is 1.71. The standard InChI is InChI=1S/C14H18O2S2/c1-14(2,3)11-6-5-10(18-11)12(15)13-9(16-4)7-8-17-13/h5-8,12,15H,1-4H3. The van der Waals surface area contributed by atoms with Crippen LogP contribution in [0.2, 0.25) is 0 Å². The van der Waals surface area contributed by atoms with Crippen LogP contribution in [0.4, 0.5) is 0 Å². The van der Waals surface area contributed by atoms with E-state index in [0.29, 0.717) is 0 Å². The SMILES string of the molecule is COc1ccsc1C(O)c1ccc(C(C)(C)C)s1. The van der Waals surface area contributed by atoms with Crippen LogP contribution in [0.5, 0.6) is 5.75 Å². The van der Waals surface area contributed by atoms with Gasteiger partial charge >= 0.3 is 0 Å². The van der Waals surface area contributed by atoms with E-state index in [1.165, 1.54) is 16.2 Å². The van der Waals surface area contributed by atoms with E-state index in [4.69, 9.17) is 4.74 Å². The van der Waals surface area contributed by atoms with Crippen LogP contribution in [-0.4, -0.2) is 12.2 Å². The van der Waals surface area contributed by atoms with Crippen molar-refractivity contribution in [2.75, 3.05) is 7.11 Å². The van der Waals surface area contributed by atoms with Gasteiger partial charge in [-0.15, -0.1) is 22.7 Å². The first-order valence-electron chi connectivity index (χ1n) is 5.83. The van der Waals surface area contributed by atoms with Crippen LogP contribution < -0.4 is 4.74 Å². The molecule has 0 aromatic carbocycles. The predicted molar refractivity (Wildman–Crippen MR) is 78.0 cm³/mol. The minimum Gasteiger partial charge on any atom is -0.495 e. The Morgan fingerprint density at radius 3 is 2.50 bits per heavy atom. The number of methoxy groups -OCH3 is 1. The van der Waals surface area contributed by atoms with Crippen LogP contribution >= 0.6 is 22.7 Å². The summed E-state index contributed by atoms with van der Waals surface area (Å²) < 4.78 is 5.26. The Bertz CT molecular complexity index is 520. The Kier molecular flexibility index (Phi) is 3.80. The van der Waals surface area contributed by atoms with Crippen LogP contribution in [0.3, 0.4) is 0 Å². The third kappa shape index (κ3) is 2.60. The van der Waals surface area contributed by atoms with Crippen LogP contribution in [0.1, 0.15) is 41.5 Å². The summed E-state index contributed by atoms with van der Waals surface area (Å²) in [4.78, 5) is 3.13. The molecule has 0 amide bonds. The Balaban J connectivity index is 2.29. The summed E-state index contributed by atoms with van der Waals surface area (Å²) in [5.74, 6) is 0.762. The molecule has 2 aromatic rings. The van der Waals surface area contributed by atoms with Gasteiger partial charge in [0.25, 0.3) is 0 Å². The van der Waals surface area contributed by atoms with Gasteiger partial charge in [0.1, 0.15) is 11.9 Å². The molecule has 2 heterocycles. The maximum atomic E-state index is 10.4. The monoisotopic (exact) mass is 282 g/mol. The molecular weight excluding hydrogens is 264 g/mol. The van der Waals surface area contributed by atoms with Crippen LogP contribution in [-0.2, 0) is 5.41 Å². The maximum absolute atomic E-state index is 10.4. The van der Waals surface area contributed by atoms with Crippen LogP contribution in [0.15, 0.2) is 23.6 Å². The first kappa shape index (κ1) is 13.6. The minimum absolute atomic E-state index is 0.127. The lowest BCUT2D eigenvalue weighted by molar-refractivity contribution is 0.223. The lowest BCUT2D eigenvalue weighted by Gasteiger charge is -2.15. The fourth-order valence-corrected chi connectivity index (χ4v) is 3.71. The van der Waals surface area contributed by atoms with Crippen molar-refractivity contribution in [3.8, 4) is 5.75 Å². The van der Waals surface area contributed by atoms with Gasteiger partial charge in [-0.2, -0.15) is 0 Å². The van der Waals surface area contributed by atoms with E-state index in [1.807, 2.05) is 17.5 Å². The molecule has 0 radical (unpaired) electrons. The molecule has 0 bridgehead atoms. The highest BCUT2D eigenvalue weighted by Gasteiger charge is 2.22. The number of thiophene rings is 2. The Morgan fingerprint density at radius 1 is 1.22 bits per heavy atom. The van der Waals surface area contributed by atoms with E-state index >= 15 is 0 Å². The molecule has 2 rings (SSSR count). The van der Waals surface area contributed by atoms with Crippen molar-refractivity contribution in [3.05, 3.63) is 38.2 Å². The largest absolute Gasteiger partial charge is 0.495 e. The highest BCUT2D eigenvalue weighted by Crippen LogP contribution is 2.39. The summed E-state index contributed by atoms with van der Waals surface area (Å²) in [5, 5.41) is 12.4. The zero-order chi connectivity index (χ0) is 13.3. The topological polar surface area (TPSA) is 29.5 Å². The van der Waals surface area contributed by atoms with Gasteiger partial charge in [-0.05, 0) is 29.0 Å². The van der Waals surface area contributed by atoms with Crippen molar-refractivity contribution >= 4 is 22.7 Å². The lowest BCUT2D eigenvalue weighted by Crippen LogP contribution is -2.07. The van der Waals surface area contributed by atoms with Crippen molar-refractivity contribution in [2.24, 2.45) is 0 Å². The molecule has 0 aliphatic rings. The van der Waals surface area contributed by atoms with Crippen molar-refractivity contribution in [1.29, 1.82) is 0 Å². The van der Waals surface area contributed by atoms with E-state index in [9.17, 15) is 5.11 Å². The van der Waals surface area contributed by atoms with Crippen molar-refractivity contribution in [1.82, 2.24) is 0 Å². The van der Waals surface area contributed by atoms with Crippen LogP contribution in [0, 0.1) is 0 Å². The van der Waals surface area contributed by atoms with Gasteiger partial charge in [0.2, 0.25) is 0 Å². The number of aliphatic hydroxyl groups is 1. The number of hydrogen-bond donors (Lipinski definition) is 1. The summed E-state index contributed by atoms with van der Waals surface area (Å²) in [6.07, 6.45) is -0.582. The number of hydrogen-bond acceptors (Lipinski definition) is 4. The molecule has 0 spiro atoms. The first-order chi connectivity index (χ1) is 8.43. The summed E-state index contributed by atoms with van der Waals surface area (Å²) in [6, 6.07) is 6.00. The van der Waals surface area contributed by atoms with Crippen molar-refractivity contribution < 1.29 is 9.84 Å². The highest BCUT2D eigenvalue weighted by molar-refractivity contribution is 7.13. The van der Waals surface area contributed by atoms with E-state index in [1.54, 1.807) is 18.4 Å². The second-order valence-electron chi connectivity index (χ2n) is 5.21. The van der Waals surface area contributed by atoms with Gasteiger partial charge in [-0.1, -0.05) is 20.8 Å². The maximum Gasteiger partial charge on any atom is 0.135 e. The Morgan fingerprint density at radius 2 is 1.94 bits per heavy atom. The molecule has 0 aliphatic heterocycles. The molecule has 98 valence electrons. The molecule has 0 fully saturated rings.